The van der Waals surface area contributed by atoms with Crippen LogP contribution in [0.2, 0.25) is 0 Å². The Kier molecular flexibility index (Phi) is 4.94. The third kappa shape index (κ3) is 3.47. The smallest absolute Gasteiger partial charge is 0.411 e. The van der Waals surface area contributed by atoms with Gasteiger partial charge in [-0.25, -0.2) is 4.79 Å². The van der Waals surface area contributed by atoms with E-state index in [1.165, 1.54) is 6.07 Å². The average Bonchev–Trinajstić information content (AvgIpc) is 2.36. The van der Waals surface area contributed by atoms with Gasteiger partial charge in [-0.3, -0.25) is 15.4 Å². The van der Waals surface area contributed by atoms with E-state index in [0.717, 1.165) is 0 Å². The van der Waals surface area contributed by atoms with Crippen LogP contribution in [-0.4, -0.2) is 23.5 Å². The van der Waals surface area contributed by atoms with Crippen molar-refractivity contribution in [3.8, 4) is 0 Å². The summed E-state index contributed by atoms with van der Waals surface area (Å²) in [4.78, 5) is 21.7. The highest BCUT2D eigenvalue weighted by Gasteiger charge is 2.19. The van der Waals surface area contributed by atoms with Crippen LogP contribution in [0.1, 0.15) is 11.1 Å². The molecule has 104 valence electrons. The summed E-state index contributed by atoms with van der Waals surface area (Å²) in [5, 5.41) is 13.3. The van der Waals surface area contributed by atoms with Gasteiger partial charge in [0.1, 0.15) is 12.3 Å². The number of nitro groups is 1. The minimum atomic E-state index is -0.720. The molecule has 0 radical (unpaired) electrons. The predicted octanol–water partition coefficient (Wildman–Crippen LogP) is 2.58. The van der Waals surface area contributed by atoms with Crippen LogP contribution < -0.4 is 11.1 Å². The Morgan fingerprint density at radius 2 is 2.16 bits per heavy atom. The van der Waals surface area contributed by atoms with Crippen molar-refractivity contribution in [3.05, 3.63) is 27.3 Å². The molecule has 1 rings (SSSR count). The molecule has 0 aliphatic rings. The fraction of sp³-hybridized carbons (Fsp3) is 0.364. The molecule has 0 unspecified atom stereocenters. The highest BCUT2D eigenvalue weighted by molar-refractivity contribution is 6.18. The first-order valence-electron chi connectivity index (χ1n) is 5.42. The maximum atomic E-state index is 11.4. The van der Waals surface area contributed by atoms with Crippen LogP contribution in [0.4, 0.5) is 21.9 Å². The van der Waals surface area contributed by atoms with Crippen LogP contribution in [0.3, 0.4) is 0 Å². The largest absolute Gasteiger partial charge is 0.448 e. The van der Waals surface area contributed by atoms with E-state index in [1.807, 2.05) is 0 Å². The van der Waals surface area contributed by atoms with Crippen LogP contribution in [0.5, 0.6) is 0 Å². The normalized spacial score (nSPS) is 10.1. The molecule has 0 spiro atoms. The van der Waals surface area contributed by atoms with Gasteiger partial charge in [0.25, 0.3) is 5.69 Å². The predicted molar refractivity (Wildman–Crippen MR) is 72.7 cm³/mol. The summed E-state index contributed by atoms with van der Waals surface area (Å²) in [6.07, 6.45) is -0.720. The number of amides is 1. The molecule has 0 aliphatic carbocycles. The molecule has 7 nitrogen and oxygen atoms in total. The number of anilines is 2. The molecule has 0 saturated carbocycles. The van der Waals surface area contributed by atoms with E-state index in [1.54, 1.807) is 13.8 Å². The summed E-state index contributed by atoms with van der Waals surface area (Å²) in [5.41, 5.74) is 6.97. The monoisotopic (exact) mass is 287 g/mol. The lowest BCUT2D eigenvalue weighted by Crippen LogP contribution is -2.16. The van der Waals surface area contributed by atoms with Gasteiger partial charge in [-0.1, -0.05) is 0 Å². The van der Waals surface area contributed by atoms with Crippen molar-refractivity contribution in [2.24, 2.45) is 0 Å². The number of rotatable bonds is 4. The first kappa shape index (κ1) is 15.0. The van der Waals surface area contributed by atoms with Crippen molar-refractivity contribution >= 4 is 34.8 Å². The molecule has 0 aliphatic heterocycles. The summed E-state index contributed by atoms with van der Waals surface area (Å²) >= 11 is 5.38. The van der Waals surface area contributed by atoms with Gasteiger partial charge in [-0.2, -0.15) is 0 Å². The molecular formula is C11H14ClN3O4. The van der Waals surface area contributed by atoms with Crippen molar-refractivity contribution in [1.82, 2.24) is 0 Å². The molecule has 8 heteroatoms. The maximum Gasteiger partial charge on any atom is 0.411 e. The number of halogens is 1. The minimum Gasteiger partial charge on any atom is -0.448 e. The van der Waals surface area contributed by atoms with Crippen molar-refractivity contribution in [3.63, 3.8) is 0 Å². The number of carbonyl (C=O) groups is 1. The van der Waals surface area contributed by atoms with Crippen LogP contribution in [0.25, 0.3) is 0 Å². The van der Waals surface area contributed by atoms with E-state index in [4.69, 9.17) is 22.1 Å². The van der Waals surface area contributed by atoms with Crippen molar-refractivity contribution in [1.29, 1.82) is 0 Å². The molecule has 1 amide bonds. The Hall–Kier alpha value is -2.02. The molecular weight excluding hydrogens is 274 g/mol. The summed E-state index contributed by atoms with van der Waals surface area (Å²) in [6, 6.07) is 1.21. The van der Waals surface area contributed by atoms with E-state index in [-0.39, 0.29) is 29.5 Å². The lowest BCUT2D eigenvalue weighted by atomic mass is 10.0. The summed E-state index contributed by atoms with van der Waals surface area (Å²) in [6.45, 7) is 3.40. The first-order chi connectivity index (χ1) is 8.88. The number of hydrogen-bond acceptors (Lipinski definition) is 5. The molecule has 0 saturated heterocycles. The fourth-order valence-corrected chi connectivity index (χ4v) is 1.55. The molecule has 1 aromatic carbocycles. The second kappa shape index (κ2) is 6.24. The van der Waals surface area contributed by atoms with E-state index >= 15 is 0 Å². The third-order valence-electron chi connectivity index (χ3n) is 2.67. The SMILES string of the molecule is Cc1c(NC(=O)OCCCl)cc([N+](=O)[O-])c(N)c1C. The van der Waals surface area contributed by atoms with Gasteiger partial charge in [0.05, 0.1) is 16.5 Å². The van der Waals surface area contributed by atoms with Crippen molar-refractivity contribution in [2.45, 2.75) is 13.8 Å². The number of hydrogen-bond donors (Lipinski definition) is 2. The molecule has 3 N–H and O–H groups in total. The van der Waals surface area contributed by atoms with Crippen molar-refractivity contribution in [2.75, 3.05) is 23.5 Å². The zero-order chi connectivity index (χ0) is 14.6. The molecule has 1 aromatic rings. The van der Waals surface area contributed by atoms with Crippen molar-refractivity contribution < 1.29 is 14.5 Å². The number of nitrogens with one attached hydrogen (secondary N) is 1. The topological polar surface area (TPSA) is 107 Å². The number of nitrogen functional groups attached to an aromatic ring is 1. The van der Waals surface area contributed by atoms with E-state index < -0.39 is 11.0 Å². The zero-order valence-corrected chi connectivity index (χ0v) is 11.3. The lowest BCUT2D eigenvalue weighted by Gasteiger charge is -2.12. The quantitative estimate of drug-likeness (QED) is 0.383. The summed E-state index contributed by atoms with van der Waals surface area (Å²) in [5.74, 6) is 0.174. The highest BCUT2D eigenvalue weighted by Crippen LogP contribution is 2.33. The van der Waals surface area contributed by atoms with Gasteiger partial charge >= 0.3 is 6.09 Å². The number of carbonyl (C=O) groups excluding carboxylic acids is 1. The Morgan fingerprint density at radius 3 is 2.68 bits per heavy atom. The van der Waals surface area contributed by atoms with E-state index in [2.05, 4.69) is 5.32 Å². The highest BCUT2D eigenvalue weighted by atomic mass is 35.5. The Labute approximate surface area is 114 Å². The molecule has 19 heavy (non-hydrogen) atoms. The molecule has 0 heterocycles. The second-order valence-electron chi connectivity index (χ2n) is 3.81. The van der Waals surface area contributed by atoms with Gasteiger partial charge in [-0.05, 0) is 25.0 Å². The maximum absolute atomic E-state index is 11.4. The number of ether oxygens (including phenoxy) is 1. The second-order valence-corrected chi connectivity index (χ2v) is 4.19. The van der Waals surface area contributed by atoms with Crippen LogP contribution in [0, 0.1) is 24.0 Å². The van der Waals surface area contributed by atoms with Crippen LogP contribution in [-0.2, 0) is 4.74 Å². The molecule has 0 atom stereocenters. The molecule has 0 bridgehead atoms. The van der Waals surface area contributed by atoms with Gasteiger partial charge < -0.3 is 10.5 Å². The van der Waals surface area contributed by atoms with Gasteiger partial charge in [0.2, 0.25) is 0 Å². The standard InChI is InChI=1S/C11H14ClN3O4/c1-6-7(2)10(13)9(15(17)18)5-8(6)14-11(16)19-4-3-12/h5H,3-4,13H2,1-2H3,(H,14,16). The van der Waals surface area contributed by atoms with Crippen LogP contribution in [0.15, 0.2) is 6.07 Å². The van der Waals surface area contributed by atoms with Crippen LogP contribution >= 0.6 is 11.6 Å². The number of alkyl halides is 1. The number of nitrogens with two attached hydrogens (primary N) is 1. The Balaban J connectivity index is 3.07. The number of nitrogens with zero attached hydrogens (tertiary/aromatic N) is 1. The van der Waals surface area contributed by atoms with Gasteiger partial charge in [0.15, 0.2) is 0 Å². The number of benzene rings is 1. The minimum absolute atomic E-state index is 0.0580. The van der Waals surface area contributed by atoms with Gasteiger partial charge in [-0.15, -0.1) is 11.6 Å². The van der Waals surface area contributed by atoms with E-state index in [0.29, 0.717) is 11.1 Å². The zero-order valence-electron chi connectivity index (χ0n) is 10.5. The molecule has 0 fully saturated rings. The third-order valence-corrected chi connectivity index (χ3v) is 2.83. The Bertz CT molecular complexity index is 519. The Morgan fingerprint density at radius 1 is 1.53 bits per heavy atom. The first-order valence-corrected chi connectivity index (χ1v) is 5.95. The van der Waals surface area contributed by atoms with Gasteiger partial charge in [0, 0.05) is 6.07 Å². The lowest BCUT2D eigenvalue weighted by molar-refractivity contribution is -0.383. The van der Waals surface area contributed by atoms with E-state index in [9.17, 15) is 14.9 Å². The average molecular weight is 288 g/mol. The number of nitro benzene ring substituents is 1. The summed E-state index contributed by atoms with van der Waals surface area (Å²) in [7, 11) is 0. The molecule has 0 aromatic heterocycles. The summed E-state index contributed by atoms with van der Waals surface area (Å²) < 4.78 is 4.74. The fourth-order valence-electron chi connectivity index (χ4n) is 1.48.